The van der Waals surface area contributed by atoms with E-state index in [1.54, 1.807) is 0 Å². The zero-order valence-corrected chi connectivity index (χ0v) is 61.3. The first-order chi connectivity index (χ1) is 43.7. The van der Waals surface area contributed by atoms with Gasteiger partial charge >= 0.3 is 39.5 Å². The SMILES string of the molecule is CCC(C)CCCCCCCCCCCCC(=O)OC[C@H](COP(=O)(O)OC[C@@H](O)COP(=O)(O)OC[C@@H](COC(=O)CCCCCCCCC(C)CC)OC(=O)CCCCCCCCCCCCC(C)CC)OC(=O)CCCCCCCCCCCCC(C)C. The second-order valence-corrected chi connectivity index (χ2v) is 30.1. The maximum Gasteiger partial charge on any atom is 0.472 e. The molecule has 0 bridgehead atoms. The summed E-state index contributed by atoms with van der Waals surface area (Å²) in [6.07, 6.45) is 44.2. The number of ether oxygens (including phenoxy) is 4. The summed E-state index contributed by atoms with van der Waals surface area (Å²) in [4.78, 5) is 72.7. The summed E-state index contributed by atoms with van der Waals surface area (Å²) in [5.41, 5.74) is 0. The van der Waals surface area contributed by atoms with Gasteiger partial charge in [0.25, 0.3) is 0 Å². The van der Waals surface area contributed by atoms with Crippen LogP contribution in [0.2, 0.25) is 0 Å². The number of rotatable bonds is 69. The van der Waals surface area contributed by atoms with E-state index in [-0.39, 0.29) is 25.7 Å². The smallest absolute Gasteiger partial charge is 0.462 e. The highest BCUT2D eigenvalue weighted by atomic mass is 31.2. The van der Waals surface area contributed by atoms with Gasteiger partial charge < -0.3 is 33.8 Å². The first kappa shape index (κ1) is 89.1. The van der Waals surface area contributed by atoms with E-state index in [4.69, 9.17) is 37.0 Å². The lowest BCUT2D eigenvalue weighted by molar-refractivity contribution is -0.161. The quantitative estimate of drug-likeness (QED) is 0.0222. The van der Waals surface area contributed by atoms with Crippen LogP contribution in [0.15, 0.2) is 0 Å². The summed E-state index contributed by atoms with van der Waals surface area (Å²) < 4.78 is 68.4. The molecule has 540 valence electrons. The van der Waals surface area contributed by atoms with E-state index in [2.05, 4.69) is 55.4 Å². The summed E-state index contributed by atoms with van der Waals surface area (Å²) in [7, 11) is -9.91. The van der Waals surface area contributed by atoms with Gasteiger partial charge in [-0.05, 0) is 49.4 Å². The van der Waals surface area contributed by atoms with E-state index in [1.807, 2.05) is 0 Å². The number of carbonyl (C=O) groups is 4. The van der Waals surface area contributed by atoms with E-state index in [1.165, 1.54) is 154 Å². The highest BCUT2D eigenvalue weighted by Crippen LogP contribution is 2.45. The molecule has 0 heterocycles. The van der Waals surface area contributed by atoms with Crippen LogP contribution >= 0.6 is 15.6 Å². The fourth-order valence-corrected chi connectivity index (χ4v) is 12.3. The second kappa shape index (κ2) is 61.6. The molecule has 0 aliphatic carbocycles. The van der Waals surface area contributed by atoms with Crippen LogP contribution in [0.25, 0.3) is 0 Å². The number of unbranched alkanes of at least 4 members (excludes halogenated alkanes) is 32. The number of aliphatic hydroxyl groups excluding tert-OH is 1. The average molecular weight is 1340 g/mol. The highest BCUT2D eigenvalue weighted by Gasteiger charge is 2.30. The van der Waals surface area contributed by atoms with E-state index in [0.717, 1.165) is 120 Å². The molecule has 0 saturated heterocycles. The third-order valence-electron chi connectivity index (χ3n) is 17.7. The minimum absolute atomic E-state index is 0.105. The molecule has 91 heavy (non-hydrogen) atoms. The molecule has 5 unspecified atom stereocenters. The number of phosphoric acid groups is 2. The van der Waals surface area contributed by atoms with Crippen molar-refractivity contribution >= 4 is 39.5 Å². The summed E-state index contributed by atoms with van der Waals surface area (Å²) in [5, 5.41) is 10.6. The molecule has 0 fully saturated rings. The monoisotopic (exact) mass is 1340 g/mol. The van der Waals surface area contributed by atoms with Gasteiger partial charge in [0.15, 0.2) is 12.2 Å². The molecule has 0 aliphatic heterocycles. The highest BCUT2D eigenvalue weighted by molar-refractivity contribution is 7.47. The first-order valence-electron chi connectivity index (χ1n) is 37.3. The average Bonchev–Trinajstić information content (AvgIpc) is 3.38. The number of hydrogen-bond acceptors (Lipinski definition) is 15. The molecular formula is C72H140O17P2. The van der Waals surface area contributed by atoms with Crippen LogP contribution in [0.4, 0.5) is 0 Å². The molecule has 0 rings (SSSR count). The lowest BCUT2D eigenvalue weighted by Gasteiger charge is -2.21. The van der Waals surface area contributed by atoms with Gasteiger partial charge in [0.2, 0.25) is 0 Å². The molecule has 3 N–H and O–H groups in total. The Hall–Kier alpha value is -1.94. The molecule has 0 spiro atoms. The predicted octanol–water partition coefficient (Wildman–Crippen LogP) is 20.5. The van der Waals surface area contributed by atoms with Crippen molar-refractivity contribution in [2.24, 2.45) is 23.7 Å². The van der Waals surface area contributed by atoms with E-state index in [9.17, 15) is 43.2 Å². The van der Waals surface area contributed by atoms with Gasteiger partial charge in [-0.2, -0.15) is 0 Å². The van der Waals surface area contributed by atoms with Crippen LogP contribution < -0.4 is 0 Å². The number of aliphatic hydroxyl groups is 1. The molecule has 0 saturated carbocycles. The van der Waals surface area contributed by atoms with Crippen LogP contribution in [0.5, 0.6) is 0 Å². The normalized spacial score (nSPS) is 15.1. The molecule has 0 aromatic rings. The van der Waals surface area contributed by atoms with Crippen molar-refractivity contribution in [3.05, 3.63) is 0 Å². The summed E-state index contributed by atoms with van der Waals surface area (Å²) in [6, 6.07) is 0. The van der Waals surface area contributed by atoms with Crippen LogP contribution in [0.1, 0.15) is 357 Å². The lowest BCUT2D eigenvalue weighted by atomic mass is 9.99. The lowest BCUT2D eigenvalue weighted by Crippen LogP contribution is -2.30. The third kappa shape index (κ3) is 62.6. The number of phosphoric ester groups is 2. The van der Waals surface area contributed by atoms with Gasteiger partial charge in [-0.15, -0.1) is 0 Å². The molecule has 19 heteroatoms. The van der Waals surface area contributed by atoms with E-state index in [0.29, 0.717) is 25.7 Å². The molecule has 8 atom stereocenters. The van der Waals surface area contributed by atoms with Gasteiger partial charge in [-0.3, -0.25) is 37.3 Å². The van der Waals surface area contributed by atoms with Crippen molar-refractivity contribution in [2.45, 2.75) is 375 Å². The Balaban J connectivity index is 5.28. The fraction of sp³-hybridized carbons (Fsp3) is 0.944. The molecule has 0 aromatic heterocycles. The van der Waals surface area contributed by atoms with Crippen molar-refractivity contribution < 1.29 is 80.2 Å². The summed E-state index contributed by atoms with van der Waals surface area (Å²) in [5.74, 6) is 0.968. The molecule has 0 radical (unpaired) electrons. The van der Waals surface area contributed by atoms with E-state index < -0.39 is 97.5 Å². The van der Waals surface area contributed by atoms with Crippen molar-refractivity contribution in [3.63, 3.8) is 0 Å². The van der Waals surface area contributed by atoms with Crippen molar-refractivity contribution in [3.8, 4) is 0 Å². The topological polar surface area (TPSA) is 237 Å². The van der Waals surface area contributed by atoms with Crippen molar-refractivity contribution in [2.75, 3.05) is 39.6 Å². The van der Waals surface area contributed by atoms with Crippen LogP contribution in [-0.4, -0.2) is 96.7 Å². The van der Waals surface area contributed by atoms with Crippen LogP contribution in [0.3, 0.4) is 0 Å². The van der Waals surface area contributed by atoms with Gasteiger partial charge in [0.1, 0.15) is 19.3 Å². The number of esters is 4. The Labute approximate surface area is 556 Å². The van der Waals surface area contributed by atoms with Crippen LogP contribution in [-0.2, 0) is 65.4 Å². The van der Waals surface area contributed by atoms with Gasteiger partial charge in [-0.1, -0.05) is 306 Å². The van der Waals surface area contributed by atoms with Crippen LogP contribution in [0, 0.1) is 23.7 Å². The first-order valence-corrected chi connectivity index (χ1v) is 40.3. The van der Waals surface area contributed by atoms with Gasteiger partial charge in [0.05, 0.1) is 26.4 Å². The summed E-state index contributed by atoms with van der Waals surface area (Å²) >= 11 is 0. The maximum absolute atomic E-state index is 13.0. The molecule has 0 amide bonds. The Morgan fingerprint density at radius 1 is 0.308 bits per heavy atom. The van der Waals surface area contributed by atoms with Crippen molar-refractivity contribution in [1.29, 1.82) is 0 Å². The Bertz CT molecular complexity index is 1800. The number of hydrogen-bond donors (Lipinski definition) is 3. The second-order valence-electron chi connectivity index (χ2n) is 27.2. The molecule has 17 nitrogen and oxygen atoms in total. The molecule has 0 aromatic carbocycles. The van der Waals surface area contributed by atoms with E-state index >= 15 is 0 Å². The Morgan fingerprint density at radius 3 is 0.780 bits per heavy atom. The molecular weight excluding hydrogens is 1200 g/mol. The van der Waals surface area contributed by atoms with Gasteiger partial charge in [-0.25, -0.2) is 9.13 Å². The minimum atomic E-state index is -4.95. The third-order valence-corrected chi connectivity index (χ3v) is 19.6. The van der Waals surface area contributed by atoms with Crippen molar-refractivity contribution in [1.82, 2.24) is 0 Å². The Kier molecular flexibility index (Phi) is 60.3. The molecule has 0 aliphatic rings. The standard InChI is InChI=1S/C72H140O17P2/c1-9-63(6)49-41-33-25-19-13-16-21-27-36-44-52-69(74)82-58-67(88-71(76)54-46-38-28-22-15-12-18-24-32-40-48-62(4)5)60-86-90(78,79)84-56-66(73)57-85-91(80,81)87-61-68(59-83-70(75)53-45-37-31-30-35-43-51-65(8)11-3)89-72(77)55-47-39-29-23-17-14-20-26-34-42-50-64(7)10-2/h62-68,73H,9-61H2,1-8H3,(H,78,79)(H,80,81)/t63?,64?,65?,66-,67-,68-/m1/s1. The number of carbonyl (C=O) groups excluding carboxylic acids is 4. The minimum Gasteiger partial charge on any atom is -0.462 e. The maximum atomic E-state index is 13.0. The zero-order valence-electron chi connectivity index (χ0n) is 59.5. The predicted molar refractivity (Wildman–Crippen MR) is 367 cm³/mol. The zero-order chi connectivity index (χ0) is 67.5. The summed E-state index contributed by atoms with van der Waals surface area (Å²) in [6.45, 7) is 14.2. The van der Waals surface area contributed by atoms with Gasteiger partial charge in [0, 0.05) is 25.7 Å². The fourth-order valence-electron chi connectivity index (χ4n) is 10.7. The largest absolute Gasteiger partial charge is 0.472 e. The Morgan fingerprint density at radius 2 is 0.527 bits per heavy atom.